The molecule has 2 heterocycles. The molecule has 0 amide bonds. The molecule has 1 saturated heterocycles. The first kappa shape index (κ1) is 14.1. The van der Waals surface area contributed by atoms with Crippen molar-refractivity contribution in [1.82, 2.24) is 9.97 Å². The maximum absolute atomic E-state index is 6.19. The third-order valence-electron chi connectivity index (χ3n) is 4.28. The Hall–Kier alpha value is -0.870. The van der Waals surface area contributed by atoms with Crippen LogP contribution in [0, 0.1) is 11.3 Å². The number of hydrogen-bond acceptors (Lipinski definition) is 4. The fraction of sp³-hybridized carbons (Fsp3) is 0.733. The Bertz CT molecular complexity index is 494. The average molecular weight is 296 g/mol. The third-order valence-corrected chi connectivity index (χ3v) is 4.47. The first-order chi connectivity index (χ1) is 9.45. The zero-order valence-corrected chi connectivity index (χ0v) is 13.2. The number of hydrogen-bond donors (Lipinski definition) is 0. The minimum Gasteiger partial charge on any atom is -0.378 e. The Balaban J connectivity index is 1.81. The lowest BCUT2D eigenvalue weighted by atomic mass is 9.88. The van der Waals surface area contributed by atoms with Crippen molar-refractivity contribution in [2.75, 3.05) is 31.2 Å². The van der Waals surface area contributed by atoms with E-state index in [2.05, 4.69) is 30.7 Å². The molecule has 2 fully saturated rings. The maximum atomic E-state index is 6.19. The summed E-state index contributed by atoms with van der Waals surface area (Å²) in [6, 6.07) is 1.93. The highest BCUT2D eigenvalue weighted by atomic mass is 35.5. The first-order valence-corrected chi connectivity index (χ1v) is 7.70. The molecule has 1 aliphatic carbocycles. The maximum Gasteiger partial charge on any atom is 0.227 e. The molecule has 0 bridgehead atoms. The molecule has 1 aromatic rings. The Morgan fingerprint density at radius 2 is 1.95 bits per heavy atom. The van der Waals surface area contributed by atoms with Crippen LogP contribution in [0.4, 0.5) is 5.95 Å². The second kappa shape index (κ2) is 5.15. The lowest BCUT2D eigenvalue weighted by Crippen LogP contribution is -2.37. The van der Waals surface area contributed by atoms with Crippen LogP contribution in [0.2, 0.25) is 5.15 Å². The van der Waals surface area contributed by atoms with E-state index < -0.39 is 0 Å². The van der Waals surface area contributed by atoms with E-state index in [0.29, 0.717) is 22.4 Å². The highest BCUT2D eigenvalue weighted by molar-refractivity contribution is 6.29. The SMILES string of the molecule is CC(C)(C)C1CC1c1cc(Cl)nc(N2CCOCC2)n1. The number of morpholine rings is 1. The van der Waals surface area contributed by atoms with Gasteiger partial charge in [0.05, 0.1) is 18.9 Å². The number of nitrogens with zero attached hydrogens (tertiary/aromatic N) is 3. The molecule has 0 spiro atoms. The highest BCUT2D eigenvalue weighted by Gasteiger charge is 2.47. The second-order valence-corrected chi connectivity index (χ2v) is 7.22. The summed E-state index contributed by atoms with van der Waals surface area (Å²) in [5.41, 5.74) is 1.44. The van der Waals surface area contributed by atoms with Gasteiger partial charge < -0.3 is 9.64 Å². The monoisotopic (exact) mass is 295 g/mol. The normalized spacial score (nSPS) is 26.7. The highest BCUT2D eigenvalue weighted by Crippen LogP contribution is 2.56. The molecule has 2 aliphatic rings. The van der Waals surface area contributed by atoms with E-state index in [1.54, 1.807) is 0 Å². The summed E-state index contributed by atoms with van der Waals surface area (Å²) in [5.74, 6) is 2.00. The van der Waals surface area contributed by atoms with Gasteiger partial charge >= 0.3 is 0 Å². The number of anilines is 1. The summed E-state index contributed by atoms with van der Waals surface area (Å²) in [6.45, 7) is 10.0. The Morgan fingerprint density at radius 3 is 2.55 bits per heavy atom. The summed E-state index contributed by atoms with van der Waals surface area (Å²) >= 11 is 6.19. The van der Waals surface area contributed by atoms with Crippen LogP contribution in [0.5, 0.6) is 0 Å². The lowest BCUT2D eigenvalue weighted by Gasteiger charge is -2.27. The topological polar surface area (TPSA) is 38.2 Å². The minimum atomic E-state index is 0.335. The zero-order chi connectivity index (χ0) is 14.3. The average Bonchev–Trinajstić information content (AvgIpc) is 3.19. The Labute approximate surface area is 125 Å². The van der Waals surface area contributed by atoms with Crippen molar-refractivity contribution in [3.63, 3.8) is 0 Å². The zero-order valence-electron chi connectivity index (χ0n) is 12.4. The molecule has 0 N–H and O–H groups in total. The predicted molar refractivity (Wildman–Crippen MR) is 80.4 cm³/mol. The van der Waals surface area contributed by atoms with E-state index in [0.717, 1.165) is 37.9 Å². The molecular formula is C15H22ClN3O. The van der Waals surface area contributed by atoms with Crippen LogP contribution in [-0.2, 0) is 4.74 Å². The van der Waals surface area contributed by atoms with Crippen molar-refractivity contribution in [1.29, 1.82) is 0 Å². The van der Waals surface area contributed by atoms with Gasteiger partial charge in [0.2, 0.25) is 5.95 Å². The molecule has 1 aliphatic heterocycles. The third kappa shape index (κ3) is 2.91. The minimum absolute atomic E-state index is 0.335. The largest absolute Gasteiger partial charge is 0.378 e. The van der Waals surface area contributed by atoms with Gasteiger partial charge in [-0.1, -0.05) is 32.4 Å². The Kier molecular flexibility index (Phi) is 3.63. The van der Waals surface area contributed by atoms with Crippen molar-refractivity contribution < 1.29 is 4.74 Å². The number of rotatable bonds is 2. The van der Waals surface area contributed by atoms with Crippen LogP contribution < -0.4 is 4.90 Å². The standard InChI is InChI=1S/C15H22ClN3O/c1-15(2,3)11-8-10(11)12-9-13(16)18-14(17-12)19-4-6-20-7-5-19/h9-11H,4-8H2,1-3H3. The molecule has 2 unspecified atom stereocenters. The van der Waals surface area contributed by atoms with Gasteiger partial charge in [-0.3, -0.25) is 0 Å². The molecule has 20 heavy (non-hydrogen) atoms. The van der Waals surface area contributed by atoms with Crippen LogP contribution in [0.1, 0.15) is 38.8 Å². The quantitative estimate of drug-likeness (QED) is 0.786. The molecular weight excluding hydrogens is 274 g/mol. The van der Waals surface area contributed by atoms with Gasteiger partial charge in [-0.05, 0) is 23.8 Å². The van der Waals surface area contributed by atoms with Crippen LogP contribution in [0.3, 0.4) is 0 Å². The molecule has 110 valence electrons. The number of aromatic nitrogens is 2. The fourth-order valence-electron chi connectivity index (χ4n) is 3.00. The van der Waals surface area contributed by atoms with Crippen LogP contribution >= 0.6 is 11.6 Å². The van der Waals surface area contributed by atoms with Gasteiger partial charge in [-0.15, -0.1) is 0 Å². The van der Waals surface area contributed by atoms with E-state index in [4.69, 9.17) is 21.3 Å². The van der Waals surface area contributed by atoms with E-state index in [-0.39, 0.29) is 0 Å². The summed E-state index contributed by atoms with van der Waals surface area (Å²) in [7, 11) is 0. The number of halogens is 1. The molecule has 0 radical (unpaired) electrons. The van der Waals surface area contributed by atoms with Gasteiger partial charge in [0.1, 0.15) is 5.15 Å². The summed E-state index contributed by atoms with van der Waals surface area (Å²) in [5, 5.41) is 0.552. The van der Waals surface area contributed by atoms with Crippen molar-refractivity contribution in [3.8, 4) is 0 Å². The van der Waals surface area contributed by atoms with Crippen molar-refractivity contribution in [2.45, 2.75) is 33.1 Å². The van der Waals surface area contributed by atoms with Crippen LogP contribution in [0.15, 0.2) is 6.07 Å². The molecule has 3 rings (SSSR count). The molecule has 1 aromatic heterocycles. The molecule has 5 heteroatoms. The van der Waals surface area contributed by atoms with E-state index in [9.17, 15) is 0 Å². The van der Waals surface area contributed by atoms with Crippen molar-refractivity contribution >= 4 is 17.5 Å². The lowest BCUT2D eigenvalue weighted by molar-refractivity contribution is 0.122. The Morgan fingerprint density at radius 1 is 1.25 bits per heavy atom. The van der Waals surface area contributed by atoms with Gasteiger partial charge in [0.25, 0.3) is 0 Å². The van der Waals surface area contributed by atoms with Gasteiger partial charge in [-0.25, -0.2) is 9.97 Å². The number of ether oxygens (including phenoxy) is 1. The van der Waals surface area contributed by atoms with E-state index >= 15 is 0 Å². The summed E-state index contributed by atoms with van der Waals surface area (Å²) < 4.78 is 5.37. The van der Waals surface area contributed by atoms with Crippen molar-refractivity contribution in [3.05, 3.63) is 16.9 Å². The summed E-state index contributed by atoms with van der Waals surface area (Å²) in [4.78, 5) is 11.3. The fourth-order valence-corrected chi connectivity index (χ4v) is 3.18. The van der Waals surface area contributed by atoms with Crippen molar-refractivity contribution in [2.24, 2.45) is 11.3 Å². The van der Waals surface area contributed by atoms with Gasteiger partial charge in [0, 0.05) is 19.0 Å². The molecule has 4 nitrogen and oxygen atoms in total. The second-order valence-electron chi connectivity index (χ2n) is 6.83. The summed E-state index contributed by atoms with van der Waals surface area (Å²) in [6.07, 6.45) is 1.21. The van der Waals surface area contributed by atoms with Crippen LogP contribution in [0.25, 0.3) is 0 Å². The molecule has 2 atom stereocenters. The van der Waals surface area contributed by atoms with Gasteiger partial charge in [-0.2, -0.15) is 0 Å². The smallest absolute Gasteiger partial charge is 0.227 e. The van der Waals surface area contributed by atoms with E-state index in [1.165, 1.54) is 6.42 Å². The van der Waals surface area contributed by atoms with E-state index in [1.807, 2.05) is 6.07 Å². The molecule has 1 saturated carbocycles. The van der Waals surface area contributed by atoms with Gasteiger partial charge in [0.15, 0.2) is 0 Å². The van der Waals surface area contributed by atoms with Crippen LogP contribution in [-0.4, -0.2) is 36.3 Å². The predicted octanol–water partition coefficient (Wildman–Crippen LogP) is 3.12. The molecule has 0 aromatic carbocycles. The first-order valence-electron chi connectivity index (χ1n) is 7.32.